The van der Waals surface area contributed by atoms with Crippen molar-refractivity contribution in [2.75, 3.05) is 0 Å². The monoisotopic (exact) mass is 126 g/mol. The SMILES string of the molecule is CC1NC(C)C2CC1N2. The zero-order valence-electron chi connectivity index (χ0n) is 6.02. The second kappa shape index (κ2) is 1.70. The summed E-state index contributed by atoms with van der Waals surface area (Å²) < 4.78 is 0. The maximum absolute atomic E-state index is 3.52. The van der Waals surface area contributed by atoms with Crippen LogP contribution in [0.25, 0.3) is 0 Å². The third-order valence-electron chi connectivity index (χ3n) is 2.67. The lowest BCUT2D eigenvalue weighted by molar-refractivity contribution is 0.113. The fourth-order valence-corrected chi connectivity index (χ4v) is 1.87. The minimum Gasteiger partial charge on any atom is -0.309 e. The molecule has 0 saturated carbocycles. The average Bonchev–Trinajstić information content (AvgIpc) is 1.57. The summed E-state index contributed by atoms with van der Waals surface area (Å²) in [7, 11) is 0. The molecule has 3 fully saturated rings. The molecule has 0 aromatic rings. The molecule has 3 heterocycles. The van der Waals surface area contributed by atoms with Gasteiger partial charge in [-0.05, 0) is 20.3 Å². The molecule has 0 radical (unpaired) electrons. The van der Waals surface area contributed by atoms with Gasteiger partial charge < -0.3 is 10.6 Å². The molecule has 3 saturated heterocycles. The van der Waals surface area contributed by atoms with E-state index >= 15 is 0 Å². The number of nitrogens with one attached hydrogen (secondary N) is 2. The van der Waals surface area contributed by atoms with Crippen LogP contribution >= 0.6 is 0 Å². The first-order valence-corrected chi connectivity index (χ1v) is 3.79. The number of hydrogen-bond donors (Lipinski definition) is 2. The van der Waals surface area contributed by atoms with E-state index in [9.17, 15) is 0 Å². The highest BCUT2D eigenvalue weighted by atomic mass is 15.2. The molecule has 9 heavy (non-hydrogen) atoms. The van der Waals surface area contributed by atoms with E-state index in [0.29, 0.717) is 12.1 Å². The molecular weight excluding hydrogens is 112 g/mol. The summed E-state index contributed by atoms with van der Waals surface area (Å²) in [6.07, 6.45) is 1.38. The molecule has 2 N–H and O–H groups in total. The highest BCUT2D eigenvalue weighted by Gasteiger charge is 2.40. The van der Waals surface area contributed by atoms with Crippen molar-refractivity contribution < 1.29 is 0 Å². The van der Waals surface area contributed by atoms with E-state index in [1.165, 1.54) is 6.42 Å². The molecule has 52 valence electrons. The number of piperidine rings is 1. The number of rotatable bonds is 0. The molecule has 0 aromatic heterocycles. The molecule has 2 nitrogen and oxygen atoms in total. The highest BCUT2D eigenvalue weighted by Crippen LogP contribution is 2.23. The third kappa shape index (κ3) is 0.700. The summed E-state index contributed by atoms with van der Waals surface area (Å²) in [4.78, 5) is 0. The van der Waals surface area contributed by atoms with Gasteiger partial charge in [-0.3, -0.25) is 0 Å². The standard InChI is InChI=1S/C7H14N2/c1-4-6-3-7(9-6)5(2)8-4/h4-9H,3H2,1-2H3. The first-order chi connectivity index (χ1) is 4.27. The van der Waals surface area contributed by atoms with Gasteiger partial charge in [0.1, 0.15) is 0 Å². The minimum atomic E-state index is 0.685. The van der Waals surface area contributed by atoms with Gasteiger partial charge in [0, 0.05) is 24.2 Å². The van der Waals surface area contributed by atoms with Crippen LogP contribution in [0.3, 0.4) is 0 Å². The van der Waals surface area contributed by atoms with Gasteiger partial charge in [0.15, 0.2) is 0 Å². The summed E-state index contributed by atoms with van der Waals surface area (Å²) in [6, 6.07) is 2.91. The van der Waals surface area contributed by atoms with Crippen molar-refractivity contribution in [2.45, 2.75) is 44.4 Å². The van der Waals surface area contributed by atoms with Crippen LogP contribution in [0, 0.1) is 0 Å². The topological polar surface area (TPSA) is 24.1 Å². The Morgan fingerprint density at radius 3 is 1.67 bits per heavy atom. The van der Waals surface area contributed by atoms with E-state index in [1.807, 2.05) is 0 Å². The van der Waals surface area contributed by atoms with E-state index in [0.717, 1.165) is 12.1 Å². The minimum absolute atomic E-state index is 0.685. The maximum Gasteiger partial charge on any atom is 0.0237 e. The van der Waals surface area contributed by atoms with Crippen molar-refractivity contribution >= 4 is 0 Å². The van der Waals surface area contributed by atoms with E-state index in [-0.39, 0.29) is 0 Å². The van der Waals surface area contributed by atoms with Crippen molar-refractivity contribution in [3.63, 3.8) is 0 Å². The Morgan fingerprint density at radius 1 is 1.00 bits per heavy atom. The lowest BCUT2D eigenvalue weighted by atomic mass is 9.82. The molecule has 3 aliphatic heterocycles. The quantitative estimate of drug-likeness (QED) is 0.481. The predicted molar refractivity (Wildman–Crippen MR) is 37.4 cm³/mol. The number of hydrogen-bond acceptors (Lipinski definition) is 2. The predicted octanol–water partition coefficient (Wildman–Crippen LogP) is 0.0971. The van der Waals surface area contributed by atoms with E-state index in [2.05, 4.69) is 24.5 Å². The smallest absolute Gasteiger partial charge is 0.0237 e. The van der Waals surface area contributed by atoms with Crippen molar-refractivity contribution in [3.05, 3.63) is 0 Å². The highest BCUT2D eigenvalue weighted by molar-refractivity contribution is 5.04. The molecule has 3 aliphatic rings. The normalized spacial score (nSPS) is 56.7. The summed E-state index contributed by atoms with van der Waals surface area (Å²) >= 11 is 0. The van der Waals surface area contributed by atoms with E-state index in [1.54, 1.807) is 0 Å². The van der Waals surface area contributed by atoms with Gasteiger partial charge in [-0.25, -0.2) is 0 Å². The van der Waals surface area contributed by atoms with E-state index < -0.39 is 0 Å². The Hall–Kier alpha value is -0.0800. The molecule has 4 unspecified atom stereocenters. The van der Waals surface area contributed by atoms with Crippen LogP contribution in [0.2, 0.25) is 0 Å². The van der Waals surface area contributed by atoms with Crippen LogP contribution in [-0.2, 0) is 0 Å². The third-order valence-corrected chi connectivity index (χ3v) is 2.67. The Kier molecular flexibility index (Phi) is 1.08. The molecule has 4 atom stereocenters. The summed E-state index contributed by atoms with van der Waals surface area (Å²) in [5, 5.41) is 7.03. The van der Waals surface area contributed by atoms with Gasteiger partial charge in [0.2, 0.25) is 0 Å². The van der Waals surface area contributed by atoms with Crippen molar-refractivity contribution in [3.8, 4) is 0 Å². The second-order valence-electron chi connectivity index (χ2n) is 3.36. The zero-order valence-corrected chi connectivity index (χ0v) is 6.02. The summed E-state index contributed by atoms with van der Waals surface area (Å²) in [5.41, 5.74) is 0. The van der Waals surface area contributed by atoms with Crippen LogP contribution in [0.4, 0.5) is 0 Å². The molecule has 3 rings (SSSR count). The van der Waals surface area contributed by atoms with Crippen LogP contribution in [-0.4, -0.2) is 24.2 Å². The molecular formula is C7H14N2. The molecule has 2 bridgehead atoms. The molecule has 0 amide bonds. The number of piperazine rings is 1. The van der Waals surface area contributed by atoms with Crippen molar-refractivity contribution in [2.24, 2.45) is 0 Å². The molecule has 0 aromatic carbocycles. The van der Waals surface area contributed by atoms with Crippen LogP contribution in [0.1, 0.15) is 20.3 Å². The summed E-state index contributed by atoms with van der Waals surface area (Å²) in [6.45, 7) is 4.51. The molecule has 0 spiro atoms. The first kappa shape index (κ1) is 5.69. The molecule has 2 heteroatoms. The Bertz CT molecular complexity index is 106. The Morgan fingerprint density at radius 2 is 1.44 bits per heavy atom. The lowest BCUT2D eigenvalue weighted by Gasteiger charge is -2.51. The van der Waals surface area contributed by atoms with Gasteiger partial charge in [0.05, 0.1) is 0 Å². The maximum atomic E-state index is 3.52. The first-order valence-electron chi connectivity index (χ1n) is 3.79. The largest absolute Gasteiger partial charge is 0.309 e. The van der Waals surface area contributed by atoms with Gasteiger partial charge in [-0.2, -0.15) is 0 Å². The number of fused-ring (bicyclic) bond motifs is 2. The zero-order chi connectivity index (χ0) is 6.43. The fourth-order valence-electron chi connectivity index (χ4n) is 1.87. The van der Waals surface area contributed by atoms with Crippen molar-refractivity contribution in [1.29, 1.82) is 0 Å². The average molecular weight is 126 g/mol. The summed E-state index contributed by atoms with van der Waals surface area (Å²) in [5.74, 6) is 0. The van der Waals surface area contributed by atoms with Gasteiger partial charge in [0.25, 0.3) is 0 Å². The Labute approximate surface area is 56.0 Å². The van der Waals surface area contributed by atoms with Gasteiger partial charge >= 0.3 is 0 Å². The molecule has 0 aliphatic carbocycles. The van der Waals surface area contributed by atoms with Crippen LogP contribution in [0.15, 0.2) is 0 Å². The lowest BCUT2D eigenvalue weighted by Crippen LogP contribution is -2.73. The van der Waals surface area contributed by atoms with Crippen LogP contribution in [0.5, 0.6) is 0 Å². The van der Waals surface area contributed by atoms with Gasteiger partial charge in [-0.15, -0.1) is 0 Å². The van der Waals surface area contributed by atoms with Gasteiger partial charge in [-0.1, -0.05) is 0 Å². The van der Waals surface area contributed by atoms with Crippen molar-refractivity contribution in [1.82, 2.24) is 10.6 Å². The van der Waals surface area contributed by atoms with Crippen LogP contribution < -0.4 is 10.6 Å². The second-order valence-corrected chi connectivity index (χ2v) is 3.36. The fraction of sp³-hybridized carbons (Fsp3) is 1.00. The Balaban J connectivity index is 2.04. The van der Waals surface area contributed by atoms with E-state index in [4.69, 9.17) is 0 Å².